The minimum absolute atomic E-state index is 0.138. The van der Waals surface area contributed by atoms with Crippen molar-refractivity contribution in [3.05, 3.63) is 41.1 Å². The summed E-state index contributed by atoms with van der Waals surface area (Å²) in [6.07, 6.45) is 4.67. The fourth-order valence-corrected chi connectivity index (χ4v) is 6.08. The summed E-state index contributed by atoms with van der Waals surface area (Å²) in [6, 6.07) is 4.32. The van der Waals surface area contributed by atoms with Crippen molar-refractivity contribution in [3.8, 4) is 23.0 Å². The molecule has 226 valence electrons. The zero-order chi connectivity index (χ0) is 30.8. The van der Waals surface area contributed by atoms with Crippen LogP contribution in [-0.4, -0.2) is 54.7 Å². The van der Waals surface area contributed by atoms with Crippen LogP contribution in [0.3, 0.4) is 0 Å². The number of aliphatic hydroxyl groups is 1. The van der Waals surface area contributed by atoms with Crippen LogP contribution in [-0.2, 0) is 22.4 Å². The first-order valence-electron chi connectivity index (χ1n) is 14.3. The molecule has 10 heteroatoms. The van der Waals surface area contributed by atoms with Gasteiger partial charge in [0.25, 0.3) is 0 Å². The van der Waals surface area contributed by atoms with Gasteiger partial charge in [-0.2, -0.15) is 5.10 Å². The second-order valence-electron chi connectivity index (χ2n) is 14.1. The van der Waals surface area contributed by atoms with E-state index in [1.165, 1.54) is 6.07 Å². The number of ether oxygens (including phenoxy) is 1. The summed E-state index contributed by atoms with van der Waals surface area (Å²) in [4.78, 5) is 0. The van der Waals surface area contributed by atoms with Gasteiger partial charge in [0, 0.05) is 56.7 Å². The van der Waals surface area contributed by atoms with E-state index in [9.17, 15) is 5.11 Å². The van der Waals surface area contributed by atoms with Crippen molar-refractivity contribution in [2.45, 2.75) is 104 Å². The highest BCUT2D eigenvalue weighted by Crippen LogP contribution is 2.38. The Balaban J connectivity index is 1.95. The molecule has 41 heavy (non-hydrogen) atoms. The number of nitrogens with zero attached hydrogens (tertiary/aromatic N) is 3. The average molecular weight is 620 g/mol. The van der Waals surface area contributed by atoms with Crippen molar-refractivity contribution in [2.75, 3.05) is 13.2 Å². The molecule has 0 amide bonds. The predicted octanol–water partition coefficient (Wildman–Crippen LogP) is 8.14. The number of rotatable bonds is 11. The van der Waals surface area contributed by atoms with E-state index in [2.05, 4.69) is 70.4 Å². The summed E-state index contributed by atoms with van der Waals surface area (Å²) >= 11 is 6.65. The monoisotopic (exact) mass is 619 g/mol. The Morgan fingerprint density at radius 3 is 2.32 bits per heavy atom. The molecule has 0 fully saturated rings. The Morgan fingerprint density at radius 2 is 1.71 bits per heavy atom. The maximum absolute atomic E-state index is 15.2. The van der Waals surface area contributed by atoms with Crippen molar-refractivity contribution in [1.82, 2.24) is 14.3 Å². The van der Waals surface area contributed by atoms with Gasteiger partial charge in [0.15, 0.2) is 13.5 Å². The lowest BCUT2D eigenvalue weighted by Gasteiger charge is -2.36. The molecule has 0 aliphatic rings. The van der Waals surface area contributed by atoms with Crippen molar-refractivity contribution in [3.63, 3.8) is 0 Å². The van der Waals surface area contributed by atoms with E-state index in [0.29, 0.717) is 31.6 Å². The van der Waals surface area contributed by atoms with E-state index < -0.39 is 27.8 Å². The molecule has 0 aliphatic carbocycles. The molecule has 0 atom stereocenters. The smallest absolute Gasteiger partial charge is 0.191 e. The number of aryl methyl sites for hydroxylation is 1. The van der Waals surface area contributed by atoms with Gasteiger partial charge >= 0.3 is 0 Å². The van der Waals surface area contributed by atoms with E-state index in [1.807, 2.05) is 17.0 Å². The molecule has 6 nitrogen and oxygen atoms in total. The molecule has 3 aromatic rings. The maximum atomic E-state index is 15.2. The van der Waals surface area contributed by atoms with Crippen LogP contribution in [0.1, 0.15) is 46.6 Å². The van der Waals surface area contributed by atoms with Gasteiger partial charge in [-0.15, -0.1) is 0 Å². The molecule has 0 radical (unpaired) electrons. The molecule has 0 unspecified atom stereocenters. The Morgan fingerprint density at radius 1 is 1.02 bits per heavy atom. The Labute approximate surface area is 252 Å². The highest BCUT2D eigenvalue weighted by atomic mass is 35.5. The topological polar surface area (TPSA) is 61.4 Å². The molecular formula is C31H47ClFN3O3Si2. The summed E-state index contributed by atoms with van der Waals surface area (Å²) in [5.74, 6) is 5.10. The van der Waals surface area contributed by atoms with Crippen LogP contribution in [0.15, 0.2) is 24.5 Å². The molecule has 2 aromatic heterocycles. The summed E-state index contributed by atoms with van der Waals surface area (Å²) in [5.41, 5.74) is 1.32. The third-order valence-electron chi connectivity index (χ3n) is 7.51. The molecule has 1 N–H and O–H groups in total. The van der Waals surface area contributed by atoms with Crippen LogP contribution in [0, 0.1) is 17.7 Å². The first kappa shape index (κ1) is 33.6. The number of hydrogen-bond acceptors (Lipinski definition) is 4. The first-order valence-corrected chi connectivity index (χ1v) is 21.3. The molecule has 2 heterocycles. The third-order valence-corrected chi connectivity index (χ3v) is 14.0. The number of benzene rings is 1. The van der Waals surface area contributed by atoms with Crippen LogP contribution >= 0.6 is 11.6 Å². The first-order chi connectivity index (χ1) is 18.8. The van der Waals surface area contributed by atoms with Gasteiger partial charge in [0.1, 0.15) is 18.1 Å². The SMILES string of the molecule is CC(C)(O)C#Cc1cc2c(-c3cn(COCC[Si](C)(C)C)nc3Cl)cn(CCCO[Si](C)(C)C(C)(C)C)c2cc1F. The molecule has 1 aromatic carbocycles. The highest BCUT2D eigenvalue weighted by molar-refractivity contribution is 6.76. The zero-order valence-electron chi connectivity index (χ0n) is 26.4. The van der Waals surface area contributed by atoms with Crippen LogP contribution in [0.25, 0.3) is 22.0 Å². The Kier molecular flexibility index (Phi) is 10.4. The van der Waals surface area contributed by atoms with E-state index >= 15 is 4.39 Å². The number of fused-ring (bicyclic) bond motifs is 1. The Hall–Kier alpha value is -1.94. The van der Waals surface area contributed by atoms with Crippen molar-refractivity contribution < 1.29 is 18.7 Å². The van der Waals surface area contributed by atoms with Crippen LogP contribution < -0.4 is 0 Å². The highest BCUT2D eigenvalue weighted by Gasteiger charge is 2.36. The predicted molar refractivity (Wildman–Crippen MR) is 173 cm³/mol. The van der Waals surface area contributed by atoms with E-state index in [4.69, 9.17) is 20.8 Å². The third kappa shape index (κ3) is 9.27. The van der Waals surface area contributed by atoms with E-state index in [-0.39, 0.29) is 10.6 Å². The van der Waals surface area contributed by atoms with Crippen molar-refractivity contribution in [2.24, 2.45) is 0 Å². The lowest BCUT2D eigenvalue weighted by Crippen LogP contribution is -2.41. The number of halogens is 2. The van der Waals surface area contributed by atoms with Gasteiger partial charge in [0.2, 0.25) is 0 Å². The second kappa shape index (κ2) is 12.7. The minimum Gasteiger partial charge on any atom is -0.417 e. The molecule has 0 saturated carbocycles. The molecule has 3 rings (SSSR count). The standard InChI is InChI=1S/C31H47ClFN3O3Si2/c1-30(2,3)41(9,10)39-15-11-14-35-20-25(24-18-23(12-13-31(4,5)37)27(33)19-28(24)35)26-21-36(34-29(26)32)22-38-16-17-40(6,7)8/h18-21,37H,11,14-17,22H2,1-10H3. The van der Waals surface area contributed by atoms with Crippen LogP contribution in [0.2, 0.25) is 49.0 Å². The fourth-order valence-electron chi connectivity index (χ4n) is 3.99. The van der Waals surface area contributed by atoms with E-state index in [0.717, 1.165) is 34.5 Å². The van der Waals surface area contributed by atoms with Gasteiger partial charge < -0.3 is 18.8 Å². The number of aromatic nitrogens is 3. The van der Waals surface area contributed by atoms with Gasteiger partial charge in [0.05, 0.1) is 11.1 Å². The molecule has 0 saturated heterocycles. The molecule has 0 spiro atoms. The fraction of sp³-hybridized carbons (Fsp3) is 0.581. The summed E-state index contributed by atoms with van der Waals surface area (Å²) < 4.78 is 31.2. The van der Waals surface area contributed by atoms with Gasteiger partial charge in [-0.25, -0.2) is 9.07 Å². The summed E-state index contributed by atoms with van der Waals surface area (Å²) in [7, 11) is -3.05. The van der Waals surface area contributed by atoms with Crippen molar-refractivity contribution >= 4 is 38.9 Å². The molecular weight excluding hydrogens is 573 g/mol. The lowest BCUT2D eigenvalue weighted by molar-refractivity contribution is 0.0786. The van der Waals surface area contributed by atoms with Gasteiger partial charge in [-0.1, -0.05) is 63.9 Å². The van der Waals surface area contributed by atoms with Gasteiger partial charge in [-0.3, -0.25) is 0 Å². The summed E-state index contributed by atoms with van der Waals surface area (Å²) in [6.45, 7) is 23.6. The summed E-state index contributed by atoms with van der Waals surface area (Å²) in [5, 5.41) is 15.9. The quantitative estimate of drug-likeness (QED) is 0.134. The van der Waals surface area contributed by atoms with Gasteiger partial charge in [-0.05, 0) is 56.6 Å². The zero-order valence-corrected chi connectivity index (χ0v) is 29.2. The Bertz CT molecular complexity index is 1420. The average Bonchev–Trinajstić information content (AvgIpc) is 3.35. The minimum atomic E-state index is -1.86. The maximum Gasteiger partial charge on any atom is 0.191 e. The molecule has 0 aliphatic heterocycles. The number of hydrogen-bond donors (Lipinski definition) is 1. The molecule has 0 bridgehead atoms. The van der Waals surface area contributed by atoms with Crippen LogP contribution in [0.5, 0.6) is 0 Å². The normalized spacial score (nSPS) is 13.1. The largest absolute Gasteiger partial charge is 0.417 e. The van der Waals surface area contributed by atoms with Crippen LogP contribution in [0.4, 0.5) is 4.39 Å². The second-order valence-corrected chi connectivity index (χ2v) is 24.9. The van der Waals surface area contributed by atoms with Crippen molar-refractivity contribution in [1.29, 1.82) is 0 Å². The van der Waals surface area contributed by atoms with E-state index in [1.54, 1.807) is 24.6 Å². The lowest BCUT2D eigenvalue weighted by atomic mass is 10.0.